The van der Waals surface area contributed by atoms with E-state index in [4.69, 9.17) is 19.4 Å². The van der Waals surface area contributed by atoms with Gasteiger partial charge in [-0.15, -0.1) is 0 Å². The van der Waals surface area contributed by atoms with Crippen LogP contribution in [0.1, 0.15) is 0 Å². The van der Waals surface area contributed by atoms with E-state index in [1.54, 1.807) is 0 Å². The molecular formula is C69H43N5O. The van der Waals surface area contributed by atoms with Crippen molar-refractivity contribution < 1.29 is 4.42 Å². The van der Waals surface area contributed by atoms with Gasteiger partial charge in [0, 0.05) is 60.1 Å². The third-order valence-electron chi connectivity index (χ3n) is 14.8. The van der Waals surface area contributed by atoms with Crippen molar-refractivity contribution in [1.29, 1.82) is 0 Å². The molecule has 6 heteroatoms. The molecule has 75 heavy (non-hydrogen) atoms. The number of para-hydroxylation sites is 4. The zero-order valence-corrected chi connectivity index (χ0v) is 40.5. The van der Waals surface area contributed by atoms with Crippen LogP contribution in [0.15, 0.2) is 265 Å². The Kier molecular flexibility index (Phi) is 9.78. The smallest absolute Gasteiger partial charge is 0.164 e. The second-order valence-electron chi connectivity index (χ2n) is 19.1. The highest BCUT2D eigenvalue weighted by atomic mass is 16.3. The molecule has 0 saturated carbocycles. The molecule has 0 atom stereocenters. The first-order chi connectivity index (χ1) is 37.2. The molecular weight excluding hydrogens is 915 g/mol. The van der Waals surface area contributed by atoms with Crippen molar-refractivity contribution in [3.8, 4) is 78.9 Å². The van der Waals surface area contributed by atoms with Crippen molar-refractivity contribution in [3.05, 3.63) is 261 Å². The molecule has 0 amide bonds. The average molecular weight is 958 g/mol. The summed E-state index contributed by atoms with van der Waals surface area (Å²) in [5.41, 5.74) is 17.7. The standard InChI is InChI=1S/C69H43N5O/c1-4-18-44(19-5-1)51-36-32-49(42-63(51)73-59-28-14-10-24-53(59)54-25-11-15-29-60(54)73)68-70-67(46-22-8-3-9-23-46)71-69(72-68)50-33-37-52(45-20-6-2-7-21-45)64(43-50)74-61-30-16-12-26-55(61)57-40-47(34-38-62(57)74)48-35-39-66-58(41-48)56-27-13-17-31-65(56)75-66/h1-43H. The molecule has 0 bridgehead atoms. The van der Waals surface area contributed by atoms with Crippen molar-refractivity contribution in [2.45, 2.75) is 0 Å². The maximum absolute atomic E-state index is 6.22. The van der Waals surface area contributed by atoms with Crippen molar-refractivity contribution in [2.75, 3.05) is 0 Å². The predicted octanol–water partition coefficient (Wildman–Crippen LogP) is 18.0. The summed E-state index contributed by atoms with van der Waals surface area (Å²) in [6, 6.07) is 92.4. The van der Waals surface area contributed by atoms with Crippen LogP contribution in [0, 0.1) is 0 Å². The minimum Gasteiger partial charge on any atom is -0.456 e. The number of fused-ring (bicyclic) bond motifs is 9. The quantitative estimate of drug-likeness (QED) is 0.152. The largest absolute Gasteiger partial charge is 0.456 e. The summed E-state index contributed by atoms with van der Waals surface area (Å²) in [6.07, 6.45) is 0. The first-order valence-electron chi connectivity index (χ1n) is 25.3. The Morgan fingerprint density at radius 1 is 0.240 bits per heavy atom. The van der Waals surface area contributed by atoms with Crippen LogP contribution >= 0.6 is 0 Å². The molecule has 0 N–H and O–H groups in total. The lowest BCUT2D eigenvalue weighted by atomic mass is 9.99. The Morgan fingerprint density at radius 2 is 0.613 bits per heavy atom. The summed E-state index contributed by atoms with van der Waals surface area (Å²) >= 11 is 0. The summed E-state index contributed by atoms with van der Waals surface area (Å²) in [5, 5.41) is 6.96. The molecule has 15 aromatic rings. The molecule has 15 rings (SSSR count). The number of rotatable bonds is 8. The van der Waals surface area contributed by atoms with Gasteiger partial charge in [0.2, 0.25) is 0 Å². The first-order valence-corrected chi connectivity index (χ1v) is 25.3. The number of hydrogen-bond acceptors (Lipinski definition) is 4. The highest BCUT2D eigenvalue weighted by Gasteiger charge is 2.22. The lowest BCUT2D eigenvalue weighted by Gasteiger charge is -2.17. The maximum Gasteiger partial charge on any atom is 0.164 e. The van der Waals surface area contributed by atoms with Gasteiger partial charge in [0.1, 0.15) is 11.2 Å². The van der Waals surface area contributed by atoms with Gasteiger partial charge in [-0.05, 0) is 82.9 Å². The summed E-state index contributed by atoms with van der Waals surface area (Å²) < 4.78 is 11.0. The van der Waals surface area contributed by atoms with Gasteiger partial charge >= 0.3 is 0 Å². The van der Waals surface area contributed by atoms with Crippen LogP contribution < -0.4 is 0 Å². The lowest BCUT2D eigenvalue weighted by Crippen LogP contribution is -2.03. The number of hydrogen-bond donors (Lipinski definition) is 0. The molecule has 11 aromatic carbocycles. The Balaban J connectivity index is 0.935. The highest BCUT2D eigenvalue weighted by molar-refractivity contribution is 6.13. The molecule has 4 aromatic heterocycles. The third kappa shape index (κ3) is 7.07. The fourth-order valence-electron chi connectivity index (χ4n) is 11.3. The zero-order valence-electron chi connectivity index (χ0n) is 40.5. The molecule has 0 radical (unpaired) electrons. The average Bonchev–Trinajstić information content (AvgIpc) is 4.16. The van der Waals surface area contributed by atoms with Crippen LogP contribution in [0.3, 0.4) is 0 Å². The van der Waals surface area contributed by atoms with Gasteiger partial charge in [-0.25, -0.2) is 15.0 Å². The van der Waals surface area contributed by atoms with Gasteiger partial charge in [-0.1, -0.05) is 200 Å². The van der Waals surface area contributed by atoms with E-state index < -0.39 is 0 Å². The second-order valence-corrected chi connectivity index (χ2v) is 19.1. The van der Waals surface area contributed by atoms with E-state index in [-0.39, 0.29) is 0 Å². The van der Waals surface area contributed by atoms with Crippen LogP contribution in [0.5, 0.6) is 0 Å². The van der Waals surface area contributed by atoms with Crippen LogP contribution in [0.4, 0.5) is 0 Å². The van der Waals surface area contributed by atoms with Crippen LogP contribution in [-0.4, -0.2) is 24.1 Å². The Morgan fingerprint density at radius 3 is 1.15 bits per heavy atom. The molecule has 0 saturated heterocycles. The lowest BCUT2D eigenvalue weighted by molar-refractivity contribution is 0.669. The number of aromatic nitrogens is 5. The molecule has 350 valence electrons. The molecule has 4 heterocycles. The van der Waals surface area contributed by atoms with Crippen molar-refractivity contribution in [2.24, 2.45) is 0 Å². The van der Waals surface area contributed by atoms with E-state index in [9.17, 15) is 0 Å². The fraction of sp³-hybridized carbons (Fsp3) is 0. The van der Waals surface area contributed by atoms with Crippen molar-refractivity contribution in [1.82, 2.24) is 24.1 Å². The molecule has 0 spiro atoms. The van der Waals surface area contributed by atoms with Gasteiger partial charge < -0.3 is 13.6 Å². The SMILES string of the molecule is c1ccc(-c2nc(-c3ccc(-c4ccccc4)c(-n4c5ccccc5c5ccccc54)c3)nc(-c3ccc(-c4ccccc4)c(-n4c5ccccc5c5cc(-c6ccc7oc8ccccc8c7c6)ccc54)c3)n2)cc1. The fourth-order valence-corrected chi connectivity index (χ4v) is 11.3. The Labute approximate surface area is 431 Å². The second kappa shape index (κ2) is 17.3. The summed E-state index contributed by atoms with van der Waals surface area (Å²) in [6.45, 7) is 0. The Hall–Kier alpha value is -10.2. The van der Waals surface area contributed by atoms with Gasteiger partial charge in [-0.2, -0.15) is 0 Å². The van der Waals surface area contributed by atoms with Crippen molar-refractivity contribution in [3.63, 3.8) is 0 Å². The molecule has 6 nitrogen and oxygen atoms in total. The summed E-state index contributed by atoms with van der Waals surface area (Å²) in [4.78, 5) is 16.0. The van der Waals surface area contributed by atoms with Crippen LogP contribution in [-0.2, 0) is 0 Å². The zero-order chi connectivity index (χ0) is 49.4. The number of furan rings is 1. The first kappa shape index (κ1) is 42.5. The summed E-state index contributed by atoms with van der Waals surface area (Å²) in [5.74, 6) is 1.76. The maximum atomic E-state index is 6.22. The molecule has 0 aliphatic carbocycles. The normalized spacial score (nSPS) is 11.7. The number of benzene rings is 11. The van der Waals surface area contributed by atoms with Crippen LogP contribution in [0.25, 0.3) is 144 Å². The van der Waals surface area contributed by atoms with Gasteiger partial charge in [0.05, 0.1) is 33.4 Å². The van der Waals surface area contributed by atoms with Gasteiger partial charge in [-0.3, -0.25) is 0 Å². The van der Waals surface area contributed by atoms with Gasteiger partial charge in [0.15, 0.2) is 17.5 Å². The summed E-state index contributed by atoms with van der Waals surface area (Å²) in [7, 11) is 0. The minimum atomic E-state index is 0.579. The van der Waals surface area contributed by atoms with E-state index in [0.29, 0.717) is 17.5 Å². The van der Waals surface area contributed by atoms with E-state index >= 15 is 0 Å². The molecule has 0 unspecified atom stereocenters. The van der Waals surface area contributed by atoms with Crippen LogP contribution in [0.2, 0.25) is 0 Å². The monoisotopic (exact) mass is 957 g/mol. The predicted molar refractivity (Wildman–Crippen MR) is 308 cm³/mol. The number of nitrogens with zero attached hydrogens (tertiary/aromatic N) is 5. The highest BCUT2D eigenvalue weighted by Crippen LogP contribution is 2.42. The topological polar surface area (TPSA) is 61.7 Å². The minimum absolute atomic E-state index is 0.579. The third-order valence-corrected chi connectivity index (χ3v) is 14.8. The van der Waals surface area contributed by atoms with Gasteiger partial charge in [0.25, 0.3) is 0 Å². The molecule has 0 aliphatic heterocycles. The van der Waals surface area contributed by atoms with Crippen molar-refractivity contribution >= 4 is 65.6 Å². The molecule has 0 aliphatic rings. The van der Waals surface area contributed by atoms with E-state index in [1.807, 2.05) is 30.3 Å². The molecule has 0 fully saturated rings. The van der Waals surface area contributed by atoms with E-state index in [2.05, 4.69) is 240 Å². The van der Waals surface area contributed by atoms with E-state index in [0.717, 1.165) is 111 Å². The Bertz CT molecular complexity index is 4650. The van der Waals surface area contributed by atoms with E-state index in [1.165, 1.54) is 16.2 Å².